The largest absolute Gasteiger partial charge is 0.573 e. The van der Waals surface area contributed by atoms with E-state index < -0.39 is 6.36 Å². The topological polar surface area (TPSA) is 61.3 Å². The Hall–Kier alpha value is -3.85. The number of hydrogen-bond donors (Lipinski definition) is 2. The average Bonchev–Trinajstić information content (AvgIpc) is 2.85. The van der Waals surface area contributed by atoms with Gasteiger partial charge in [0.1, 0.15) is 5.75 Å². The first-order valence-corrected chi connectivity index (χ1v) is 11.2. The molecule has 0 saturated carbocycles. The van der Waals surface area contributed by atoms with E-state index in [1.165, 1.54) is 12.1 Å². The Morgan fingerprint density at radius 1 is 0.971 bits per heavy atom. The second-order valence-corrected chi connectivity index (χ2v) is 8.08. The van der Waals surface area contributed by atoms with Crippen molar-refractivity contribution in [2.45, 2.75) is 13.3 Å². The number of alkyl halides is 3. The summed E-state index contributed by atoms with van der Waals surface area (Å²) in [5.74, 6) is 0.0750. The fourth-order valence-electron chi connectivity index (χ4n) is 3.78. The quantitative estimate of drug-likeness (QED) is 0.359. The van der Waals surface area contributed by atoms with E-state index in [1.807, 2.05) is 37.3 Å². The number of anilines is 2. The van der Waals surface area contributed by atoms with E-state index in [0.29, 0.717) is 11.6 Å². The van der Waals surface area contributed by atoms with Crippen LogP contribution in [-0.2, 0) is 0 Å². The number of aryl methyl sites for hydroxylation is 1. The van der Waals surface area contributed by atoms with Crippen LogP contribution in [0.3, 0.4) is 0 Å². The first-order chi connectivity index (χ1) is 16.8. The zero-order valence-corrected chi connectivity index (χ0v) is 19.3. The van der Waals surface area contributed by atoms with Crippen LogP contribution < -0.4 is 20.3 Å². The molecule has 1 aliphatic heterocycles. The molecule has 0 bridgehead atoms. The highest BCUT2D eigenvalue weighted by Gasteiger charge is 2.31. The highest BCUT2D eigenvalue weighted by molar-refractivity contribution is 5.98. The zero-order chi connectivity index (χ0) is 24.8. The molecule has 9 heteroatoms. The van der Waals surface area contributed by atoms with Crippen molar-refractivity contribution < 1.29 is 17.9 Å². The molecule has 2 N–H and O–H groups in total. The molecule has 0 aromatic heterocycles. The summed E-state index contributed by atoms with van der Waals surface area (Å²) in [6, 6.07) is 19.4. The number of hydrogen-bond acceptors (Lipinski definition) is 4. The van der Waals surface area contributed by atoms with Crippen molar-refractivity contribution in [3.63, 3.8) is 0 Å². The van der Waals surface area contributed by atoms with Crippen LogP contribution >= 0.6 is 0 Å². The summed E-state index contributed by atoms with van der Waals surface area (Å²) in [4.78, 5) is 11.0. The van der Waals surface area contributed by atoms with E-state index in [2.05, 4.69) is 49.1 Å². The van der Waals surface area contributed by atoms with Gasteiger partial charge >= 0.3 is 6.36 Å². The number of rotatable bonds is 5. The molecule has 0 amide bonds. The monoisotopic (exact) mass is 481 g/mol. The molecular weight excluding hydrogens is 455 g/mol. The molecule has 0 unspecified atom stereocenters. The second-order valence-electron chi connectivity index (χ2n) is 8.08. The normalized spacial score (nSPS) is 14.5. The summed E-state index contributed by atoms with van der Waals surface area (Å²) in [5, 5.41) is 6.54. The van der Waals surface area contributed by atoms with Gasteiger partial charge in [-0.05, 0) is 72.8 Å². The smallest absolute Gasteiger partial charge is 0.406 e. The molecule has 1 heterocycles. The summed E-state index contributed by atoms with van der Waals surface area (Å²) in [5.41, 5.74) is 5.13. The number of ether oxygens (including phenoxy) is 1. The van der Waals surface area contributed by atoms with Crippen LogP contribution in [0.1, 0.15) is 5.56 Å². The number of piperazine rings is 1. The summed E-state index contributed by atoms with van der Waals surface area (Å²) in [6.45, 7) is 9.45. The van der Waals surface area contributed by atoms with Crippen LogP contribution in [0, 0.1) is 6.92 Å². The third-order valence-corrected chi connectivity index (χ3v) is 5.61. The minimum Gasteiger partial charge on any atom is -0.406 e. The third-order valence-electron chi connectivity index (χ3n) is 5.61. The SMILES string of the molecule is C=NC(=Nc1cc(-c2ccc(OC(F)(F)F)cc2)ccc1C)Nc1ccc(N2CCNCC2)cc1. The van der Waals surface area contributed by atoms with Crippen LogP contribution in [-0.4, -0.2) is 45.2 Å². The van der Waals surface area contributed by atoms with Crippen molar-refractivity contribution in [1.82, 2.24) is 5.32 Å². The van der Waals surface area contributed by atoms with Crippen molar-refractivity contribution >= 4 is 29.7 Å². The molecule has 0 spiro atoms. The van der Waals surface area contributed by atoms with Crippen LogP contribution in [0.5, 0.6) is 5.75 Å². The molecule has 0 aliphatic carbocycles. The van der Waals surface area contributed by atoms with Crippen LogP contribution in [0.4, 0.5) is 30.2 Å². The van der Waals surface area contributed by atoms with Gasteiger partial charge in [0.15, 0.2) is 0 Å². The lowest BCUT2D eigenvalue weighted by atomic mass is 10.0. The number of guanidine groups is 1. The lowest BCUT2D eigenvalue weighted by Gasteiger charge is -2.29. The predicted octanol–water partition coefficient (Wildman–Crippen LogP) is 5.77. The van der Waals surface area contributed by atoms with Gasteiger partial charge in [-0.25, -0.2) is 9.98 Å². The first kappa shape index (κ1) is 24.3. The van der Waals surface area contributed by atoms with Gasteiger partial charge < -0.3 is 20.3 Å². The maximum absolute atomic E-state index is 12.4. The fraction of sp³-hybridized carbons (Fsp3) is 0.231. The van der Waals surface area contributed by atoms with Crippen LogP contribution in [0.2, 0.25) is 0 Å². The Bertz CT molecular complexity index is 1190. The van der Waals surface area contributed by atoms with Crippen LogP contribution in [0.25, 0.3) is 11.1 Å². The van der Waals surface area contributed by atoms with Gasteiger partial charge in [-0.1, -0.05) is 24.3 Å². The third kappa shape index (κ3) is 6.60. The lowest BCUT2D eigenvalue weighted by Crippen LogP contribution is -2.43. The van der Waals surface area contributed by atoms with Crippen molar-refractivity contribution in [3.8, 4) is 16.9 Å². The molecule has 182 valence electrons. The highest BCUT2D eigenvalue weighted by atomic mass is 19.4. The van der Waals surface area contributed by atoms with Crippen LogP contribution in [0.15, 0.2) is 76.7 Å². The van der Waals surface area contributed by atoms with Crippen molar-refractivity contribution in [3.05, 3.63) is 72.3 Å². The summed E-state index contributed by atoms with van der Waals surface area (Å²) >= 11 is 0. The molecule has 1 aliphatic rings. The maximum Gasteiger partial charge on any atom is 0.573 e. The number of benzene rings is 3. The minimum absolute atomic E-state index is 0.267. The molecule has 3 aromatic carbocycles. The van der Waals surface area contributed by atoms with E-state index in [1.54, 1.807) is 12.1 Å². The Morgan fingerprint density at radius 2 is 1.63 bits per heavy atom. The Balaban J connectivity index is 1.50. The molecule has 0 radical (unpaired) electrons. The van der Waals surface area contributed by atoms with Crippen molar-refractivity contribution in [2.75, 3.05) is 36.4 Å². The van der Waals surface area contributed by atoms with Gasteiger partial charge in [0, 0.05) is 37.6 Å². The number of nitrogens with one attached hydrogen (secondary N) is 2. The highest BCUT2D eigenvalue weighted by Crippen LogP contribution is 2.30. The molecule has 1 fully saturated rings. The molecule has 1 saturated heterocycles. The predicted molar refractivity (Wildman–Crippen MR) is 135 cm³/mol. The van der Waals surface area contributed by atoms with E-state index in [-0.39, 0.29) is 5.75 Å². The van der Waals surface area contributed by atoms with Gasteiger partial charge in [-0.2, -0.15) is 0 Å². The zero-order valence-electron chi connectivity index (χ0n) is 19.3. The van der Waals surface area contributed by atoms with E-state index in [9.17, 15) is 13.2 Å². The minimum atomic E-state index is -4.72. The molecular formula is C26H26F3N5O. The molecule has 0 atom stereocenters. The van der Waals surface area contributed by atoms with Gasteiger partial charge in [0.2, 0.25) is 5.96 Å². The summed E-state index contributed by atoms with van der Waals surface area (Å²) in [7, 11) is 0. The van der Waals surface area contributed by atoms with Crippen molar-refractivity contribution in [2.24, 2.45) is 9.98 Å². The fourth-order valence-corrected chi connectivity index (χ4v) is 3.78. The lowest BCUT2D eigenvalue weighted by molar-refractivity contribution is -0.274. The Morgan fingerprint density at radius 3 is 2.26 bits per heavy atom. The van der Waals surface area contributed by atoms with Gasteiger partial charge in [0.25, 0.3) is 0 Å². The molecule has 35 heavy (non-hydrogen) atoms. The molecule has 4 rings (SSSR count). The first-order valence-electron chi connectivity index (χ1n) is 11.2. The Labute approximate surface area is 202 Å². The number of nitrogens with zero attached hydrogens (tertiary/aromatic N) is 3. The Kier molecular flexibility index (Phi) is 7.36. The van der Waals surface area contributed by atoms with Crippen molar-refractivity contribution in [1.29, 1.82) is 0 Å². The number of halogens is 3. The standard InChI is InChI=1S/C26H26F3N5O/c1-18-3-4-20(19-5-11-23(12-6-19)35-26(27,28)29)17-24(18)33-25(30-2)32-21-7-9-22(10-8-21)34-15-13-31-14-16-34/h3-12,17,31H,2,13-16H2,1H3,(H,32,33). The van der Waals surface area contributed by atoms with E-state index >= 15 is 0 Å². The van der Waals surface area contributed by atoms with E-state index in [4.69, 9.17) is 0 Å². The van der Waals surface area contributed by atoms with Gasteiger partial charge in [0.05, 0.1) is 5.69 Å². The van der Waals surface area contributed by atoms with Gasteiger partial charge in [-0.3, -0.25) is 0 Å². The summed E-state index contributed by atoms with van der Waals surface area (Å²) in [6.07, 6.45) is -4.72. The summed E-state index contributed by atoms with van der Waals surface area (Å²) < 4.78 is 41.2. The average molecular weight is 482 g/mol. The van der Waals surface area contributed by atoms with E-state index in [0.717, 1.165) is 54.2 Å². The molecule has 6 nitrogen and oxygen atoms in total. The molecule has 3 aromatic rings. The number of aliphatic imine (C=N–C) groups is 2. The van der Waals surface area contributed by atoms with Gasteiger partial charge in [-0.15, -0.1) is 13.2 Å². The second kappa shape index (κ2) is 10.6. The maximum atomic E-state index is 12.4.